The van der Waals surface area contributed by atoms with Gasteiger partial charge in [0.05, 0.1) is 0 Å². The molecule has 1 heterocycles. The van der Waals surface area contributed by atoms with Gasteiger partial charge in [-0.25, -0.2) is 9.78 Å². The van der Waals surface area contributed by atoms with Gasteiger partial charge in [0.25, 0.3) is 5.91 Å². The Balaban J connectivity index is 1.44. The van der Waals surface area contributed by atoms with Crippen molar-refractivity contribution in [2.45, 2.75) is 20.0 Å². The third-order valence-electron chi connectivity index (χ3n) is 4.68. The molecule has 0 radical (unpaired) electrons. The van der Waals surface area contributed by atoms with Crippen LogP contribution in [-0.2, 0) is 9.53 Å². The second kappa shape index (κ2) is 8.21. The quantitative estimate of drug-likeness (QED) is 0.478. The van der Waals surface area contributed by atoms with Crippen LogP contribution >= 0.6 is 0 Å². The van der Waals surface area contributed by atoms with Crippen LogP contribution in [0, 0.1) is 6.92 Å². The largest absolute Gasteiger partial charge is 0.448 e. The van der Waals surface area contributed by atoms with E-state index in [1.54, 1.807) is 6.92 Å². The van der Waals surface area contributed by atoms with Gasteiger partial charge in [0.15, 0.2) is 11.8 Å². The van der Waals surface area contributed by atoms with Crippen molar-refractivity contribution in [3.05, 3.63) is 84.3 Å². The van der Waals surface area contributed by atoms with Gasteiger partial charge in [0.2, 0.25) is 5.89 Å². The summed E-state index contributed by atoms with van der Waals surface area (Å²) in [7, 11) is 0. The number of carbonyl (C=O) groups excluding carboxylic acids is 2. The van der Waals surface area contributed by atoms with E-state index in [-0.39, 0.29) is 5.69 Å². The maximum Gasteiger partial charge on any atom is 0.361 e. The van der Waals surface area contributed by atoms with Gasteiger partial charge in [-0.3, -0.25) is 4.79 Å². The number of nitrogens with zero attached hydrogens (tertiary/aromatic N) is 1. The molecule has 1 N–H and O–H groups in total. The summed E-state index contributed by atoms with van der Waals surface area (Å²) < 4.78 is 10.9. The minimum atomic E-state index is -1.000. The van der Waals surface area contributed by atoms with E-state index in [4.69, 9.17) is 9.15 Å². The third-order valence-corrected chi connectivity index (χ3v) is 4.68. The van der Waals surface area contributed by atoms with Crippen molar-refractivity contribution in [3.8, 4) is 11.5 Å². The Morgan fingerprint density at radius 1 is 0.967 bits per heavy atom. The van der Waals surface area contributed by atoms with Crippen LogP contribution in [0.4, 0.5) is 5.69 Å². The summed E-state index contributed by atoms with van der Waals surface area (Å²) >= 11 is 0. The molecule has 30 heavy (non-hydrogen) atoms. The van der Waals surface area contributed by atoms with Gasteiger partial charge in [-0.05, 0) is 48.9 Å². The molecular weight excluding hydrogens is 380 g/mol. The van der Waals surface area contributed by atoms with Crippen molar-refractivity contribution < 1.29 is 18.7 Å². The van der Waals surface area contributed by atoms with E-state index in [0.29, 0.717) is 17.3 Å². The Hall–Kier alpha value is -3.93. The molecule has 0 spiro atoms. The van der Waals surface area contributed by atoms with Crippen molar-refractivity contribution in [2.24, 2.45) is 0 Å². The Bertz CT molecular complexity index is 1210. The first-order valence-corrected chi connectivity index (χ1v) is 9.55. The number of ether oxygens (including phenoxy) is 1. The van der Waals surface area contributed by atoms with E-state index in [1.807, 2.05) is 72.8 Å². The van der Waals surface area contributed by atoms with Gasteiger partial charge < -0.3 is 14.5 Å². The smallest absolute Gasteiger partial charge is 0.361 e. The number of esters is 1. The lowest BCUT2D eigenvalue weighted by molar-refractivity contribution is -0.123. The monoisotopic (exact) mass is 400 g/mol. The van der Waals surface area contributed by atoms with Crippen LogP contribution in [0.5, 0.6) is 0 Å². The van der Waals surface area contributed by atoms with E-state index >= 15 is 0 Å². The molecule has 0 bridgehead atoms. The molecule has 0 unspecified atom stereocenters. The van der Waals surface area contributed by atoms with Crippen LogP contribution in [0.3, 0.4) is 0 Å². The summed E-state index contributed by atoms with van der Waals surface area (Å²) in [6.07, 6.45) is -1.000. The first-order chi connectivity index (χ1) is 14.5. The van der Waals surface area contributed by atoms with Crippen LogP contribution in [0.1, 0.15) is 23.2 Å². The molecular formula is C24H20N2O4. The van der Waals surface area contributed by atoms with Crippen LogP contribution in [0.2, 0.25) is 0 Å². The lowest BCUT2D eigenvalue weighted by atomic mass is 10.1. The van der Waals surface area contributed by atoms with Crippen molar-refractivity contribution in [1.29, 1.82) is 0 Å². The van der Waals surface area contributed by atoms with E-state index in [2.05, 4.69) is 10.3 Å². The Morgan fingerprint density at radius 2 is 1.67 bits per heavy atom. The van der Waals surface area contributed by atoms with Crippen LogP contribution in [0.15, 0.2) is 77.2 Å². The van der Waals surface area contributed by atoms with E-state index in [0.717, 1.165) is 16.3 Å². The number of hydrogen-bond acceptors (Lipinski definition) is 5. The minimum absolute atomic E-state index is 0.0548. The summed E-state index contributed by atoms with van der Waals surface area (Å²) in [5, 5.41) is 4.86. The highest BCUT2D eigenvalue weighted by Crippen LogP contribution is 2.23. The minimum Gasteiger partial charge on any atom is -0.448 e. The molecule has 150 valence electrons. The molecule has 4 rings (SSSR count). The number of aromatic nitrogens is 1. The number of rotatable bonds is 5. The highest BCUT2D eigenvalue weighted by molar-refractivity contribution is 5.98. The van der Waals surface area contributed by atoms with Gasteiger partial charge in [0.1, 0.15) is 5.76 Å². The molecule has 0 saturated heterocycles. The van der Waals surface area contributed by atoms with Crippen molar-refractivity contribution >= 4 is 28.3 Å². The second-order valence-corrected chi connectivity index (χ2v) is 6.89. The number of hydrogen-bond donors (Lipinski definition) is 1. The molecule has 0 aliphatic rings. The topological polar surface area (TPSA) is 81.4 Å². The zero-order valence-corrected chi connectivity index (χ0v) is 16.6. The fourth-order valence-corrected chi connectivity index (χ4v) is 3.07. The van der Waals surface area contributed by atoms with Crippen molar-refractivity contribution in [1.82, 2.24) is 4.98 Å². The number of benzene rings is 3. The van der Waals surface area contributed by atoms with E-state index < -0.39 is 18.0 Å². The molecule has 3 aromatic carbocycles. The molecule has 4 aromatic rings. The second-order valence-electron chi connectivity index (χ2n) is 6.89. The predicted octanol–water partition coefficient (Wildman–Crippen LogP) is 4.99. The van der Waals surface area contributed by atoms with Gasteiger partial charge in [-0.1, -0.05) is 48.5 Å². The van der Waals surface area contributed by atoms with Crippen LogP contribution in [-0.4, -0.2) is 23.0 Å². The van der Waals surface area contributed by atoms with Crippen LogP contribution < -0.4 is 5.32 Å². The number of carbonyl (C=O) groups is 2. The summed E-state index contributed by atoms with van der Waals surface area (Å²) in [6, 6.07) is 22.7. The number of fused-ring (bicyclic) bond motifs is 1. The molecule has 0 fully saturated rings. The SMILES string of the molecule is Cc1oc(-c2ccccc2)nc1C(=O)O[C@H](C)C(=O)Nc1ccc2ccccc2c1. The Kier molecular flexibility index (Phi) is 5.30. The lowest BCUT2D eigenvalue weighted by Gasteiger charge is -2.13. The van der Waals surface area contributed by atoms with Gasteiger partial charge in [-0.15, -0.1) is 0 Å². The number of aryl methyl sites for hydroxylation is 1. The highest BCUT2D eigenvalue weighted by Gasteiger charge is 2.24. The van der Waals surface area contributed by atoms with Gasteiger partial charge >= 0.3 is 5.97 Å². The molecule has 0 aliphatic carbocycles. The van der Waals surface area contributed by atoms with Gasteiger partial charge in [0, 0.05) is 11.3 Å². The summed E-state index contributed by atoms with van der Waals surface area (Å²) in [5.41, 5.74) is 1.44. The molecule has 6 nitrogen and oxygen atoms in total. The Labute approximate surface area is 173 Å². The molecule has 6 heteroatoms. The van der Waals surface area contributed by atoms with E-state index in [9.17, 15) is 9.59 Å². The van der Waals surface area contributed by atoms with Gasteiger partial charge in [-0.2, -0.15) is 0 Å². The fraction of sp³-hybridized carbons (Fsp3) is 0.125. The summed E-state index contributed by atoms with van der Waals surface area (Å²) in [6.45, 7) is 3.15. The molecule has 1 amide bonds. The maximum absolute atomic E-state index is 12.5. The highest BCUT2D eigenvalue weighted by atomic mass is 16.5. The zero-order valence-electron chi connectivity index (χ0n) is 16.6. The molecule has 1 aromatic heterocycles. The zero-order chi connectivity index (χ0) is 21.1. The van der Waals surface area contributed by atoms with E-state index in [1.165, 1.54) is 6.92 Å². The third kappa shape index (κ3) is 4.07. The molecule has 1 atom stereocenters. The van der Waals surface area contributed by atoms with Crippen LogP contribution in [0.25, 0.3) is 22.2 Å². The summed E-state index contributed by atoms with van der Waals surface area (Å²) in [4.78, 5) is 29.3. The first-order valence-electron chi connectivity index (χ1n) is 9.55. The number of anilines is 1. The van der Waals surface area contributed by atoms with Crippen molar-refractivity contribution in [2.75, 3.05) is 5.32 Å². The predicted molar refractivity (Wildman–Crippen MR) is 114 cm³/mol. The average Bonchev–Trinajstić information content (AvgIpc) is 3.16. The summed E-state index contributed by atoms with van der Waals surface area (Å²) in [5.74, 6) is -0.475. The molecule has 0 aliphatic heterocycles. The maximum atomic E-state index is 12.5. The average molecular weight is 400 g/mol. The number of oxazole rings is 1. The normalized spacial score (nSPS) is 11.8. The van der Waals surface area contributed by atoms with Crippen molar-refractivity contribution in [3.63, 3.8) is 0 Å². The fourth-order valence-electron chi connectivity index (χ4n) is 3.07. The number of nitrogens with one attached hydrogen (secondary N) is 1. The molecule has 0 saturated carbocycles. The first kappa shape index (κ1) is 19.4. The Morgan fingerprint density at radius 3 is 2.43 bits per heavy atom. The number of amides is 1. The standard InChI is InChI=1S/C24H20N2O4/c1-15-21(26-23(29-15)18-9-4-3-5-10-18)24(28)30-16(2)22(27)25-20-13-12-17-8-6-7-11-19(17)14-20/h3-14,16H,1-2H3,(H,25,27)/t16-/m1/s1. The lowest BCUT2D eigenvalue weighted by Crippen LogP contribution is -2.30.